The minimum Gasteiger partial charge on any atom is -0.494 e. The number of aromatic nitrogens is 2. The average Bonchev–Trinajstić information content (AvgIpc) is 2.74. The van der Waals surface area contributed by atoms with Gasteiger partial charge in [-0.1, -0.05) is 13.8 Å². The topological polar surface area (TPSA) is 81.6 Å². The zero-order valence-electron chi connectivity index (χ0n) is 17.4. The Morgan fingerprint density at radius 2 is 2.13 bits per heavy atom. The maximum absolute atomic E-state index is 14.2. The Morgan fingerprint density at radius 1 is 1.33 bits per heavy atom. The first kappa shape index (κ1) is 21.1. The fourth-order valence-electron chi connectivity index (χ4n) is 4.16. The van der Waals surface area contributed by atoms with Crippen molar-refractivity contribution >= 4 is 10.0 Å². The quantitative estimate of drug-likeness (QED) is 0.734. The van der Waals surface area contributed by atoms with Crippen LogP contribution in [-0.4, -0.2) is 49.5 Å². The van der Waals surface area contributed by atoms with Crippen LogP contribution in [0.1, 0.15) is 49.7 Å². The Morgan fingerprint density at radius 3 is 2.83 bits per heavy atom. The number of piperidine rings is 1. The van der Waals surface area contributed by atoms with Gasteiger partial charge >= 0.3 is 0 Å². The van der Waals surface area contributed by atoms with E-state index in [1.807, 2.05) is 20.0 Å². The summed E-state index contributed by atoms with van der Waals surface area (Å²) in [4.78, 5) is 9.14. The Labute approximate surface area is 176 Å². The summed E-state index contributed by atoms with van der Waals surface area (Å²) in [7, 11) is -2.56. The molecular formula is C21H26FN3O4S. The molecule has 0 aliphatic carbocycles. The molecule has 162 valence electrons. The molecule has 2 aliphatic rings. The van der Waals surface area contributed by atoms with Gasteiger partial charge in [-0.15, -0.1) is 0 Å². The first-order chi connectivity index (χ1) is 14.3. The van der Waals surface area contributed by atoms with E-state index < -0.39 is 21.4 Å². The number of methoxy groups -OCH3 is 1. The highest BCUT2D eigenvalue weighted by Gasteiger charge is 2.46. The highest BCUT2D eigenvalue weighted by molar-refractivity contribution is 7.89. The molecule has 1 aromatic carbocycles. The number of hydrogen-bond acceptors (Lipinski definition) is 6. The molecule has 1 spiro atoms. The van der Waals surface area contributed by atoms with Crippen LogP contribution in [0, 0.1) is 5.82 Å². The molecule has 2 aliphatic heterocycles. The number of fused-ring (bicyclic) bond motifs is 2. The van der Waals surface area contributed by atoms with Gasteiger partial charge in [0.2, 0.25) is 10.0 Å². The maximum atomic E-state index is 14.2. The third-order valence-electron chi connectivity index (χ3n) is 5.76. The van der Waals surface area contributed by atoms with E-state index in [1.54, 1.807) is 0 Å². The fraction of sp³-hybridized carbons (Fsp3) is 0.524. The van der Waals surface area contributed by atoms with Crippen LogP contribution < -0.4 is 4.74 Å². The summed E-state index contributed by atoms with van der Waals surface area (Å²) in [6, 6.07) is 3.70. The van der Waals surface area contributed by atoms with Crippen LogP contribution in [0.25, 0.3) is 0 Å². The van der Waals surface area contributed by atoms with Crippen LogP contribution in [0.15, 0.2) is 29.3 Å². The molecule has 0 N–H and O–H groups in total. The van der Waals surface area contributed by atoms with Crippen molar-refractivity contribution in [3.63, 3.8) is 0 Å². The number of ether oxygens (including phenoxy) is 2. The first-order valence-electron chi connectivity index (χ1n) is 10.1. The van der Waals surface area contributed by atoms with Crippen LogP contribution in [0.4, 0.5) is 4.39 Å². The van der Waals surface area contributed by atoms with Crippen LogP contribution in [-0.2, 0) is 26.8 Å². The summed E-state index contributed by atoms with van der Waals surface area (Å²) in [5, 5.41) is 0. The van der Waals surface area contributed by atoms with Gasteiger partial charge in [0.05, 0.1) is 24.3 Å². The molecule has 3 heterocycles. The number of benzene rings is 1. The lowest BCUT2D eigenvalue weighted by Gasteiger charge is -2.44. The SMILES string of the molecule is COc1ccc(S(=O)(=O)N2CCCC3(C2)OCCc2cnc(C(C)C)nc23)cc1F. The van der Waals surface area contributed by atoms with Crippen molar-refractivity contribution in [2.45, 2.75) is 49.5 Å². The van der Waals surface area contributed by atoms with Crippen LogP contribution in [0.3, 0.4) is 0 Å². The average molecular weight is 436 g/mol. The number of sulfonamides is 1. The molecule has 1 unspecified atom stereocenters. The predicted octanol–water partition coefficient (Wildman–Crippen LogP) is 3.00. The molecule has 2 aromatic rings. The highest BCUT2D eigenvalue weighted by atomic mass is 32.2. The minimum atomic E-state index is -3.90. The number of rotatable bonds is 4. The molecule has 1 atom stereocenters. The van der Waals surface area contributed by atoms with E-state index in [0.717, 1.165) is 23.1 Å². The van der Waals surface area contributed by atoms with E-state index >= 15 is 0 Å². The molecule has 30 heavy (non-hydrogen) atoms. The molecule has 0 amide bonds. The minimum absolute atomic E-state index is 0.00604. The summed E-state index contributed by atoms with van der Waals surface area (Å²) in [6.07, 6.45) is 3.84. The van der Waals surface area contributed by atoms with E-state index in [9.17, 15) is 12.8 Å². The normalized spacial score (nSPS) is 22.3. The van der Waals surface area contributed by atoms with Gasteiger partial charge in [-0.25, -0.2) is 22.8 Å². The molecule has 9 heteroatoms. The van der Waals surface area contributed by atoms with Crippen molar-refractivity contribution in [3.8, 4) is 5.75 Å². The standard InChI is InChI=1S/C21H26FN3O4S/c1-14(2)20-23-12-15-7-10-29-21(19(15)24-20)8-4-9-25(13-21)30(26,27)16-5-6-18(28-3)17(22)11-16/h5-6,11-12,14H,4,7-10,13H2,1-3H3. The molecule has 1 aromatic heterocycles. The Balaban J connectivity index is 1.70. The third kappa shape index (κ3) is 3.59. The molecule has 0 radical (unpaired) electrons. The molecule has 7 nitrogen and oxygen atoms in total. The van der Waals surface area contributed by atoms with E-state index in [0.29, 0.717) is 32.4 Å². The lowest BCUT2D eigenvalue weighted by Crippen LogP contribution is -2.52. The van der Waals surface area contributed by atoms with Gasteiger partial charge in [-0.2, -0.15) is 4.31 Å². The lowest BCUT2D eigenvalue weighted by atomic mass is 9.85. The fourth-order valence-corrected chi connectivity index (χ4v) is 5.70. The molecule has 0 bridgehead atoms. The summed E-state index contributed by atoms with van der Waals surface area (Å²) in [5.74, 6) is 0.168. The summed E-state index contributed by atoms with van der Waals surface area (Å²) in [6.45, 7) is 5.02. The van der Waals surface area contributed by atoms with Gasteiger partial charge in [0.15, 0.2) is 11.6 Å². The lowest BCUT2D eigenvalue weighted by molar-refractivity contribution is -0.0936. The zero-order valence-corrected chi connectivity index (χ0v) is 18.2. The van der Waals surface area contributed by atoms with Crippen molar-refractivity contribution in [2.24, 2.45) is 0 Å². The zero-order chi connectivity index (χ0) is 21.5. The van der Waals surface area contributed by atoms with Crippen LogP contribution in [0.2, 0.25) is 0 Å². The Bertz CT molecular complexity index is 1060. The highest BCUT2D eigenvalue weighted by Crippen LogP contribution is 2.41. The number of halogens is 1. The van der Waals surface area contributed by atoms with E-state index in [-0.39, 0.29) is 23.1 Å². The van der Waals surface area contributed by atoms with Gasteiger partial charge < -0.3 is 9.47 Å². The second kappa shape index (κ2) is 7.86. The Kier molecular flexibility index (Phi) is 5.54. The second-order valence-electron chi connectivity index (χ2n) is 8.09. The van der Waals surface area contributed by atoms with Crippen molar-refractivity contribution < 1.29 is 22.3 Å². The van der Waals surface area contributed by atoms with E-state index in [4.69, 9.17) is 14.5 Å². The third-order valence-corrected chi connectivity index (χ3v) is 7.60. The molecule has 4 rings (SSSR count). The van der Waals surface area contributed by atoms with Crippen molar-refractivity contribution in [1.29, 1.82) is 0 Å². The summed E-state index contributed by atoms with van der Waals surface area (Å²) in [5.41, 5.74) is 0.977. The molecular weight excluding hydrogens is 409 g/mol. The molecule has 0 saturated carbocycles. The van der Waals surface area contributed by atoms with Gasteiger partial charge in [0, 0.05) is 25.2 Å². The summed E-state index contributed by atoms with van der Waals surface area (Å²) >= 11 is 0. The van der Waals surface area contributed by atoms with Gasteiger partial charge in [-0.05, 0) is 43.0 Å². The molecule has 1 fully saturated rings. The number of hydrogen-bond donors (Lipinski definition) is 0. The van der Waals surface area contributed by atoms with Crippen molar-refractivity contribution in [1.82, 2.24) is 14.3 Å². The van der Waals surface area contributed by atoms with Crippen LogP contribution >= 0.6 is 0 Å². The van der Waals surface area contributed by atoms with E-state index in [2.05, 4.69) is 4.98 Å². The first-order valence-corrected chi connectivity index (χ1v) is 11.5. The second-order valence-corrected chi connectivity index (χ2v) is 10.0. The largest absolute Gasteiger partial charge is 0.494 e. The smallest absolute Gasteiger partial charge is 0.243 e. The van der Waals surface area contributed by atoms with Gasteiger partial charge in [0.1, 0.15) is 11.4 Å². The number of nitrogens with zero attached hydrogens (tertiary/aromatic N) is 3. The van der Waals surface area contributed by atoms with Crippen LogP contribution in [0.5, 0.6) is 5.75 Å². The molecule has 1 saturated heterocycles. The maximum Gasteiger partial charge on any atom is 0.243 e. The monoisotopic (exact) mass is 435 g/mol. The summed E-state index contributed by atoms with van der Waals surface area (Å²) < 4.78 is 53.2. The van der Waals surface area contributed by atoms with Gasteiger partial charge in [-0.3, -0.25) is 0 Å². The van der Waals surface area contributed by atoms with Gasteiger partial charge in [0.25, 0.3) is 0 Å². The van der Waals surface area contributed by atoms with E-state index in [1.165, 1.54) is 23.5 Å². The van der Waals surface area contributed by atoms with Crippen molar-refractivity contribution in [3.05, 3.63) is 47.3 Å². The predicted molar refractivity (Wildman–Crippen MR) is 108 cm³/mol. The van der Waals surface area contributed by atoms with Crippen molar-refractivity contribution in [2.75, 3.05) is 26.8 Å². The Hall–Kier alpha value is -2.10.